The molecule has 6 heteroatoms. The van der Waals surface area contributed by atoms with Crippen molar-refractivity contribution in [3.8, 4) is 0 Å². The van der Waals surface area contributed by atoms with Crippen LogP contribution >= 0.6 is 11.6 Å². The Morgan fingerprint density at radius 2 is 2.26 bits per heavy atom. The number of carbonyl (C=O) groups excluding carboxylic acids is 2. The number of hydrogen-bond acceptors (Lipinski definition) is 3. The molecule has 23 heavy (non-hydrogen) atoms. The van der Waals surface area contributed by atoms with Crippen LogP contribution in [0.25, 0.3) is 0 Å². The van der Waals surface area contributed by atoms with E-state index in [0.717, 1.165) is 5.56 Å². The zero-order chi connectivity index (χ0) is 17.0. The molecule has 0 saturated carbocycles. The van der Waals surface area contributed by atoms with Crippen molar-refractivity contribution >= 4 is 23.4 Å². The number of amides is 2. The number of aliphatic hydroxyl groups is 1. The van der Waals surface area contributed by atoms with Crippen LogP contribution in [-0.2, 0) is 9.59 Å². The summed E-state index contributed by atoms with van der Waals surface area (Å²) in [6.07, 6.45) is 1.55. The molecule has 0 aromatic heterocycles. The standard InChI is InChI=1S/C17H23ClN2O3/c1-11(5-4-8-21)19-17(23)14-10-15(22)20(2)16(14)12-6-3-7-13(18)9-12/h3,6-7,9,11,14,16,21H,4-5,8,10H2,1-2H3,(H,19,23). The third-order valence-electron chi connectivity index (χ3n) is 4.30. The van der Waals surface area contributed by atoms with E-state index in [0.29, 0.717) is 17.9 Å². The largest absolute Gasteiger partial charge is 0.396 e. The Balaban J connectivity index is 2.15. The average molecular weight is 339 g/mol. The first kappa shape index (κ1) is 17.8. The molecule has 2 rings (SSSR count). The lowest BCUT2D eigenvalue weighted by Crippen LogP contribution is -2.39. The van der Waals surface area contributed by atoms with Gasteiger partial charge >= 0.3 is 0 Å². The number of hydrogen-bond donors (Lipinski definition) is 2. The molecule has 1 aromatic rings. The first-order chi connectivity index (χ1) is 10.9. The van der Waals surface area contributed by atoms with Gasteiger partial charge in [-0.2, -0.15) is 0 Å². The zero-order valence-corrected chi connectivity index (χ0v) is 14.2. The monoisotopic (exact) mass is 338 g/mol. The highest BCUT2D eigenvalue weighted by atomic mass is 35.5. The predicted molar refractivity (Wildman–Crippen MR) is 89.0 cm³/mol. The Hall–Kier alpha value is -1.59. The van der Waals surface area contributed by atoms with Gasteiger partial charge in [-0.3, -0.25) is 9.59 Å². The smallest absolute Gasteiger partial charge is 0.226 e. The van der Waals surface area contributed by atoms with Gasteiger partial charge < -0.3 is 15.3 Å². The minimum Gasteiger partial charge on any atom is -0.396 e. The van der Waals surface area contributed by atoms with Crippen LogP contribution in [0.4, 0.5) is 0 Å². The maximum atomic E-state index is 12.6. The second kappa shape index (κ2) is 7.79. The topological polar surface area (TPSA) is 69.6 Å². The van der Waals surface area contributed by atoms with Crippen LogP contribution in [0.1, 0.15) is 37.8 Å². The Labute approximate surface area is 141 Å². The third kappa shape index (κ3) is 4.24. The summed E-state index contributed by atoms with van der Waals surface area (Å²) in [5.41, 5.74) is 0.869. The highest BCUT2D eigenvalue weighted by molar-refractivity contribution is 6.30. The van der Waals surface area contributed by atoms with Crippen LogP contribution in [0.2, 0.25) is 5.02 Å². The highest BCUT2D eigenvalue weighted by Gasteiger charge is 2.42. The number of benzene rings is 1. The van der Waals surface area contributed by atoms with Crippen molar-refractivity contribution < 1.29 is 14.7 Å². The third-order valence-corrected chi connectivity index (χ3v) is 4.53. The number of likely N-dealkylation sites (tertiary alicyclic amines) is 1. The molecule has 1 aliphatic heterocycles. The lowest BCUT2D eigenvalue weighted by atomic mass is 9.92. The maximum Gasteiger partial charge on any atom is 0.226 e. The first-order valence-corrected chi connectivity index (χ1v) is 8.24. The van der Waals surface area contributed by atoms with Crippen molar-refractivity contribution in [1.82, 2.24) is 10.2 Å². The molecule has 1 fully saturated rings. The lowest BCUT2D eigenvalue weighted by Gasteiger charge is -2.26. The molecule has 1 saturated heterocycles. The molecule has 3 unspecified atom stereocenters. The summed E-state index contributed by atoms with van der Waals surface area (Å²) in [5, 5.41) is 12.4. The fourth-order valence-electron chi connectivity index (χ4n) is 3.07. The molecule has 5 nitrogen and oxygen atoms in total. The summed E-state index contributed by atoms with van der Waals surface area (Å²) in [5.74, 6) is -0.598. The molecule has 0 aliphatic carbocycles. The number of carbonyl (C=O) groups is 2. The van der Waals surface area contributed by atoms with E-state index in [4.69, 9.17) is 16.7 Å². The van der Waals surface area contributed by atoms with Gasteiger partial charge in [0.05, 0.1) is 12.0 Å². The van der Waals surface area contributed by atoms with Crippen LogP contribution in [0.3, 0.4) is 0 Å². The Morgan fingerprint density at radius 3 is 2.91 bits per heavy atom. The second-order valence-electron chi connectivity index (χ2n) is 6.09. The van der Waals surface area contributed by atoms with Gasteiger partial charge in [-0.15, -0.1) is 0 Å². The van der Waals surface area contributed by atoms with Gasteiger partial charge in [-0.1, -0.05) is 23.7 Å². The van der Waals surface area contributed by atoms with E-state index in [1.807, 2.05) is 19.1 Å². The molecule has 2 N–H and O–H groups in total. The van der Waals surface area contributed by atoms with Gasteiger partial charge in [0.1, 0.15) is 0 Å². The average Bonchev–Trinajstić information content (AvgIpc) is 2.81. The SMILES string of the molecule is CC(CCCO)NC(=O)C1CC(=O)N(C)C1c1cccc(Cl)c1. The molecule has 1 heterocycles. The van der Waals surface area contributed by atoms with E-state index in [9.17, 15) is 9.59 Å². The van der Waals surface area contributed by atoms with E-state index in [1.165, 1.54) is 0 Å². The van der Waals surface area contributed by atoms with E-state index in [-0.39, 0.29) is 36.9 Å². The molecule has 2 amide bonds. The Bertz CT molecular complexity index is 579. The summed E-state index contributed by atoms with van der Waals surface area (Å²) in [4.78, 5) is 26.3. The van der Waals surface area contributed by atoms with E-state index < -0.39 is 5.92 Å². The predicted octanol–water partition coefficient (Wildman–Crippen LogP) is 2.14. The van der Waals surface area contributed by atoms with Gasteiger partial charge in [-0.05, 0) is 37.5 Å². The minimum absolute atomic E-state index is 0.0318. The summed E-state index contributed by atoms with van der Waals surface area (Å²) in [6.45, 7) is 2.01. The van der Waals surface area contributed by atoms with Crippen molar-refractivity contribution in [2.75, 3.05) is 13.7 Å². The maximum absolute atomic E-state index is 12.6. The molecule has 0 bridgehead atoms. The molecular formula is C17H23ClN2O3. The highest BCUT2D eigenvalue weighted by Crippen LogP contribution is 2.37. The van der Waals surface area contributed by atoms with Crippen molar-refractivity contribution in [3.63, 3.8) is 0 Å². The number of rotatable bonds is 6. The van der Waals surface area contributed by atoms with E-state index >= 15 is 0 Å². The van der Waals surface area contributed by atoms with Crippen LogP contribution in [0.15, 0.2) is 24.3 Å². The van der Waals surface area contributed by atoms with Crippen molar-refractivity contribution in [2.45, 2.75) is 38.3 Å². The number of nitrogens with one attached hydrogen (secondary N) is 1. The summed E-state index contributed by atoms with van der Waals surface area (Å²) < 4.78 is 0. The van der Waals surface area contributed by atoms with Gasteiger partial charge in [0, 0.05) is 31.1 Å². The van der Waals surface area contributed by atoms with E-state index in [1.54, 1.807) is 24.1 Å². The molecule has 1 aliphatic rings. The minimum atomic E-state index is -0.428. The first-order valence-electron chi connectivity index (χ1n) is 7.86. The molecule has 3 atom stereocenters. The molecule has 0 radical (unpaired) electrons. The van der Waals surface area contributed by atoms with Crippen molar-refractivity contribution in [3.05, 3.63) is 34.9 Å². The zero-order valence-electron chi connectivity index (χ0n) is 13.5. The van der Waals surface area contributed by atoms with Crippen LogP contribution < -0.4 is 5.32 Å². The molecule has 1 aromatic carbocycles. The van der Waals surface area contributed by atoms with Gasteiger partial charge in [0.25, 0.3) is 0 Å². The fraction of sp³-hybridized carbons (Fsp3) is 0.529. The van der Waals surface area contributed by atoms with Crippen molar-refractivity contribution in [2.24, 2.45) is 5.92 Å². The summed E-state index contributed by atoms with van der Waals surface area (Å²) in [7, 11) is 1.72. The van der Waals surface area contributed by atoms with Gasteiger partial charge in [0.15, 0.2) is 0 Å². The van der Waals surface area contributed by atoms with Crippen LogP contribution in [0, 0.1) is 5.92 Å². The van der Waals surface area contributed by atoms with Crippen molar-refractivity contribution in [1.29, 1.82) is 0 Å². The number of aliphatic hydroxyl groups excluding tert-OH is 1. The summed E-state index contributed by atoms with van der Waals surface area (Å²) >= 11 is 6.05. The molecular weight excluding hydrogens is 316 g/mol. The lowest BCUT2D eigenvalue weighted by molar-refractivity contribution is -0.128. The number of nitrogens with zero attached hydrogens (tertiary/aromatic N) is 1. The molecule has 126 valence electrons. The van der Waals surface area contributed by atoms with Crippen LogP contribution in [-0.4, -0.2) is 41.5 Å². The van der Waals surface area contributed by atoms with Gasteiger partial charge in [-0.25, -0.2) is 0 Å². The number of halogens is 1. The Morgan fingerprint density at radius 1 is 1.52 bits per heavy atom. The normalized spacial score (nSPS) is 22.3. The van der Waals surface area contributed by atoms with Gasteiger partial charge in [0.2, 0.25) is 11.8 Å². The van der Waals surface area contributed by atoms with Crippen LogP contribution in [0.5, 0.6) is 0 Å². The van der Waals surface area contributed by atoms with E-state index in [2.05, 4.69) is 5.32 Å². The quantitative estimate of drug-likeness (QED) is 0.835. The fourth-order valence-corrected chi connectivity index (χ4v) is 3.27. The summed E-state index contributed by atoms with van der Waals surface area (Å²) in [6, 6.07) is 6.96. The molecule has 0 spiro atoms. The second-order valence-corrected chi connectivity index (χ2v) is 6.53. The Kier molecular flexibility index (Phi) is 6.02.